The summed E-state index contributed by atoms with van der Waals surface area (Å²) in [7, 11) is 0. The average molecular weight is 370 g/mol. The Hall–Kier alpha value is -2.78. The summed E-state index contributed by atoms with van der Waals surface area (Å²) in [4.78, 5) is 2.52. The van der Waals surface area contributed by atoms with Gasteiger partial charge in [-0.3, -0.25) is 0 Å². The third-order valence-corrected chi connectivity index (χ3v) is 6.43. The van der Waals surface area contributed by atoms with Gasteiger partial charge < -0.3 is 4.90 Å². The summed E-state index contributed by atoms with van der Waals surface area (Å²) in [5.41, 5.74) is 6.49. The Morgan fingerprint density at radius 3 is 2.21 bits per heavy atom. The minimum Gasteiger partial charge on any atom is -0.372 e. The van der Waals surface area contributed by atoms with Crippen LogP contribution in [0, 0.1) is 28.6 Å². The molecule has 1 heterocycles. The molecule has 3 nitrogen and oxygen atoms in total. The molecule has 142 valence electrons. The van der Waals surface area contributed by atoms with Gasteiger partial charge in [0.1, 0.15) is 17.7 Å². The van der Waals surface area contributed by atoms with Gasteiger partial charge in [-0.05, 0) is 78.9 Å². The highest BCUT2D eigenvalue weighted by Gasteiger charge is 2.24. The van der Waals surface area contributed by atoms with E-state index in [2.05, 4.69) is 53.5 Å². The summed E-state index contributed by atoms with van der Waals surface area (Å²) < 4.78 is 0. The van der Waals surface area contributed by atoms with E-state index in [4.69, 9.17) is 0 Å². The predicted molar refractivity (Wildman–Crippen MR) is 113 cm³/mol. The zero-order valence-corrected chi connectivity index (χ0v) is 16.5. The molecular weight excluding hydrogens is 342 g/mol. The van der Waals surface area contributed by atoms with Gasteiger partial charge in [-0.2, -0.15) is 10.5 Å². The van der Waals surface area contributed by atoms with Crippen molar-refractivity contribution in [2.24, 2.45) is 5.92 Å². The summed E-state index contributed by atoms with van der Waals surface area (Å²) in [6.45, 7) is 2.34. The van der Waals surface area contributed by atoms with Crippen molar-refractivity contribution in [1.82, 2.24) is 0 Å². The van der Waals surface area contributed by atoms with Crippen LogP contribution in [0.15, 0.2) is 53.1 Å². The normalized spacial score (nSPS) is 22.1. The van der Waals surface area contributed by atoms with Crippen LogP contribution in [0.25, 0.3) is 5.57 Å². The highest BCUT2D eigenvalue weighted by Crippen LogP contribution is 2.40. The van der Waals surface area contributed by atoms with E-state index in [1.54, 1.807) is 0 Å². The van der Waals surface area contributed by atoms with E-state index in [-0.39, 0.29) is 5.57 Å². The maximum atomic E-state index is 9.18. The first-order valence-electron chi connectivity index (χ1n) is 10.6. The smallest absolute Gasteiger partial charge is 0.132 e. The summed E-state index contributed by atoms with van der Waals surface area (Å²) in [5.74, 6) is 0.572. The van der Waals surface area contributed by atoms with Gasteiger partial charge in [0.25, 0.3) is 0 Å². The van der Waals surface area contributed by atoms with Gasteiger partial charge in [0.2, 0.25) is 0 Å². The number of nitrogens with zero attached hydrogens (tertiary/aromatic N) is 3. The molecule has 1 unspecified atom stereocenters. The molecule has 0 radical (unpaired) electrons. The van der Waals surface area contributed by atoms with Gasteiger partial charge in [0, 0.05) is 18.8 Å². The molecule has 1 atom stereocenters. The second-order valence-electron chi connectivity index (χ2n) is 8.16. The number of fused-ring (bicyclic) bond motifs is 1. The third-order valence-electron chi connectivity index (χ3n) is 6.43. The zero-order valence-electron chi connectivity index (χ0n) is 16.5. The minimum atomic E-state index is 0.272. The summed E-state index contributed by atoms with van der Waals surface area (Å²) in [6, 6.07) is 13.2. The van der Waals surface area contributed by atoms with Crippen molar-refractivity contribution in [2.75, 3.05) is 18.0 Å². The molecule has 0 saturated carbocycles. The summed E-state index contributed by atoms with van der Waals surface area (Å²) >= 11 is 0. The van der Waals surface area contributed by atoms with Crippen molar-refractivity contribution in [3.63, 3.8) is 0 Å². The molecule has 0 bridgehead atoms. The molecule has 0 amide bonds. The van der Waals surface area contributed by atoms with Crippen LogP contribution < -0.4 is 4.90 Å². The monoisotopic (exact) mass is 369 g/mol. The van der Waals surface area contributed by atoms with Crippen LogP contribution in [0.3, 0.4) is 0 Å². The van der Waals surface area contributed by atoms with E-state index in [1.807, 2.05) is 0 Å². The SMILES string of the molecule is N#CC(C#N)=C1C=C2C=C(c3ccc(N4CCCCCC4)cc3)CCC2CC1. The lowest BCUT2D eigenvalue weighted by Gasteiger charge is -2.29. The topological polar surface area (TPSA) is 50.8 Å². The quantitative estimate of drug-likeness (QED) is 0.608. The van der Waals surface area contributed by atoms with Crippen molar-refractivity contribution in [3.8, 4) is 12.1 Å². The van der Waals surface area contributed by atoms with Crippen LogP contribution in [0.1, 0.15) is 56.9 Å². The highest BCUT2D eigenvalue weighted by atomic mass is 15.1. The van der Waals surface area contributed by atoms with Crippen molar-refractivity contribution in [1.29, 1.82) is 10.5 Å². The fraction of sp³-hybridized carbons (Fsp3) is 0.440. The Balaban J connectivity index is 1.57. The number of benzene rings is 1. The molecule has 1 aromatic carbocycles. The molecule has 0 aromatic heterocycles. The first kappa shape index (κ1) is 18.6. The van der Waals surface area contributed by atoms with Crippen LogP contribution in [-0.2, 0) is 0 Å². The van der Waals surface area contributed by atoms with Crippen molar-refractivity contribution in [2.45, 2.75) is 51.4 Å². The number of hydrogen-bond acceptors (Lipinski definition) is 3. The molecule has 1 fully saturated rings. The van der Waals surface area contributed by atoms with Crippen LogP contribution in [-0.4, -0.2) is 13.1 Å². The zero-order chi connectivity index (χ0) is 19.3. The fourth-order valence-corrected chi connectivity index (χ4v) is 4.77. The first-order valence-corrected chi connectivity index (χ1v) is 10.6. The van der Waals surface area contributed by atoms with Crippen LogP contribution in [0.5, 0.6) is 0 Å². The Kier molecular flexibility index (Phi) is 5.63. The number of nitriles is 2. The Morgan fingerprint density at radius 2 is 1.54 bits per heavy atom. The molecule has 0 spiro atoms. The van der Waals surface area contributed by atoms with Crippen LogP contribution in [0.4, 0.5) is 5.69 Å². The second kappa shape index (κ2) is 8.49. The number of rotatable bonds is 2. The Labute approximate surface area is 168 Å². The van der Waals surface area contributed by atoms with Gasteiger partial charge in [-0.25, -0.2) is 0 Å². The predicted octanol–water partition coefficient (Wildman–Crippen LogP) is 5.92. The van der Waals surface area contributed by atoms with Crippen LogP contribution >= 0.6 is 0 Å². The van der Waals surface area contributed by atoms with E-state index >= 15 is 0 Å². The molecule has 4 rings (SSSR count). The molecule has 0 N–H and O–H groups in total. The van der Waals surface area contributed by atoms with Crippen molar-refractivity contribution >= 4 is 11.3 Å². The molecule has 1 aromatic rings. The van der Waals surface area contributed by atoms with Crippen molar-refractivity contribution in [3.05, 3.63) is 58.7 Å². The third kappa shape index (κ3) is 3.90. The number of hydrogen-bond donors (Lipinski definition) is 0. The van der Waals surface area contributed by atoms with Gasteiger partial charge in [-0.1, -0.05) is 37.1 Å². The molecule has 28 heavy (non-hydrogen) atoms. The maximum Gasteiger partial charge on any atom is 0.132 e. The lowest BCUT2D eigenvalue weighted by atomic mass is 9.75. The molecule has 1 aliphatic heterocycles. The minimum absolute atomic E-state index is 0.272. The Bertz CT molecular complexity index is 879. The van der Waals surface area contributed by atoms with Gasteiger partial charge in [-0.15, -0.1) is 0 Å². The standard InChI is InChI=1S/C25H27N3/c26-17-24(18-27)22-8-6-20-5-7-21(15-23(20)16-22)19-9-11-25(12-10-19)28-13-3-1-2-4-14-28/h9-12,15-16,20H,1-8,13-14H2. The molecule has 3 aliphatic rings. The van der Waals surface area contributed by atoms with E-state index in [9.17, 15) is 10.5 Å². The highest BCUT2D eigenvalue weighted by molar-refractivity contribution is 5.72. The summed E-state index contributed by atoms with van der Waals surface area (Å²) in [5, 5.41) is 18.4. The second-order valence-corrected chi connectivity index (χ2v) is 8.16. The number of anilines is 1. The first-order chi connectivity index (χ1) is 13.8. The van der Waals surface area contributed by atoms with E-state index < -0.39 is 0 Å². The maximum absolute atomic E-state index is 9.18. The van der Waals surface area contributed by atoms with E-state index in [1.165, 1.54) is 61.2 Å². The average Bonchev–Trinajstić information content (AvgIpc) is 3.04. The molecule has 1 saturated heterocycles. The largest absolute Gasteiger partial charge is 0.372 e. The lowest BCUT2D eigenvalue weighted by Crippen LogP contribution is -2.23. The van der Waals surface area contributed by atoms with E-state index in [0.29, 0.717) is 5.92 Å². The van der Waals surface area contributed by atoms with Gasteiger partial charge in [0.05, 0.1) is 0 Å². The molecule has 3 heteroatoms. The summed E-state index contributed by atoms with van der Waals surface area (Å²) in [6.07, 6.45) is 13.9. The van der Waals surface area contributed by atoms with Gasteiger partial charge >= 0.3 is 0 Å². The van der Waals surface area contributed by atoms with Crippen molar-refractivity contribution < 1.29 is 0 Å². The van der Waals surface area contributed by atoms with Gasteiger partial charge in [0.15, 0.2) is 0 Å². The molecular formula is C25H27N3. The molecule has 2 aliphatic carbocycles. The Morgan fingerprint density at radius 1 is 0.857 bits per heavy atom. The fourth-order valence-electron chi connectivity index (χ4n) is 4.77. The van der Waals surface area contributed by atoms with E-state index in [0.717, 1.165) is 31.3 Å². The van der Waals surface area contributed by atoms with Crippen LogP contribution in [0.2, 0.25) is 0 Å². The number of allylic oxidation sites excluding steroid dienone is 6. The lowest BCUT2D eigenvalue weighted by molar-refractivity contribution is 0.512.